The molecule has 0 fully saturated rings. The zero-order chi connectivity index (χ0) is 46.8. The van der Waals surface area contributed by atoms with Crippen LogP contribution in [-0.4, -0.2) is 81.8 Å². The van der Waals surface area contributed by atoms with Crippen LogP contribution in [0.5, 0.6) is 34.5 Å². The minimum atomic E-state index is -1.75. The van der Waals surface area contributed by atoms with Crippen molar-refractivity contribution < 1.29 is 57.2 Å². The molecule has 21 heteroatoms. The molecule has 5 amide bonds. The van der Waals surface area contributed by atoms with E-state index in [1.54, 1.807) is 18.2 Å². The lowest BCUT2D eigenvalue weighted by molar-refractivity contribution is -0.145. The quantitative estimate of drug-likeness (QED) is 0.0945. The first-order valence-corrected chi connectivity index (χ1v) is 19.8. The number of ether oxygens (including phenoxy) is 6. The number of hydrogen-bond donors (Lipinski definition) is 5. The molecule has 4 heterocycles. The van der Waals surface area contributed by atoms with Gasteiger partial charge in [-0.15, -0.1) is 0 Å². The first-order valence-electron chi connectivity index (χ1n) is 19.8. The zero-order valence-electron chi connectivity index (χ0n) is 35.4. The normalized spacial score (nSPS) is 19.6. The third-order valence-corrected chi connectivity index (χ3v) is 10.2. The molecule has 4 aromatic rings. The Balaban J connectivity index is 1.58. The molecule has 0 spiro atoms. The highest BCUT2D eigenvalue weighted by atomic mass is 16.6. The number of alkyl carbamates (subject to hydrolysis) is 1. The monoisotopic (exact) mass is 889 g/mol. The van der Waals surface area contributed by atoms with E-state index in [0.717, 1.165) is 7.11 Å². The molecule has 4 aliphatic rings. The fourth-order valence-corrected chi connectivity index (χ4v) is 6.92. The first-order chi connectivity index (χ1) is 31.3. The molecule has 0 unspecified atom stereocenters. The van der Waals surface area contributed by atoms with Crippen molar-refractivity contribution in [2.45, 2.75) is 50.0 Å². The van der Waals surface area contributed by atoms with Crippen molar-refractivity contribution in [1.29, 1.82) is 10.8 Å². The summed E-state index contributed by atoms with van der Waals surface area (Å²) in [6.45, 7) is 4.66. The zero-order valence-corrected chi connectivity index (χ0v) is 35.4. The summed E-state index contributed by atoms with van der Waals surface area (Å²) in [4.78, 5) is 89.8. The number of amides is 5. The Hall–Kier alpha value is -8.72. The molecule has 65 heavy (non-hydrogen) atoms. The highest BCUT2D eigenvalue weighted by Crippen LogP contribution is 2.47. The maximum absolute atomic E-state index is 14.9. The molecule has 5 N–H and O–H groups in total. The Morgan fingerprint density at radius 2 is 1.29 bits per heavy atom. The topological polar surface area (TPSA) is 274 Å². The Labute approximate surface area is 371 Å². The van der Waals surface area contributed by atoms with E-state index in [-0.39, 0.29) is 70.7 Å². The van der Waals surface area contributed by atoms with Gasteiger partial charge in [0.05, 0.1) is 21.3 Å². The number of fused-ring (bicyclic) bond motifs is 16. The molecule has 8 rings (SSSR count). The van der Waals surface area contributed by atoms with Crippen LogP contribution in [0, 0.1) is 10.8 Å². The van der Waals surface area contributed by atoms with E-state index < -0.39 is 65.9 Å². The van der Waals surface area contributed by atoms with E-state index in [9.17, 15) is 39.6 Å². The number of methoxy groups -OCH3 is 3. The highest BCUT2D eigenvalue weighted by Gasteiger charge is 2.36. The van der Waals surface area contributed by atoms with Gasteiger partial charge in [-0.2, -0.15) is 0 Å². The summed E-state index contributed by atoms with van der Waals surface area (Å²) in [5.41, 5.74) is 0.686. The van der Waals surface area contributed by atoms with Gasteiger partial charge >= 0.3 is 23.4 Å². The second-order valence-electron chi connectivity index (χ2n) is 14.5. The van der Waals surface area contributed by atoms with Crippen molar-refractivity contribution >= 4 is 47.1 Å². The summed E-state index contributed by atoms with van der Waals surface area (Å²) in [5.74, 6) is -4.54. The molecule has 334 valence electrons. The summed E-state index contributed by atoms with van der Waals surface area (Å²) in [6, 6.07) is 10.1. The minimum Gasteiger partial charge on any atom is -0.497 e. The van der Waals surface area contributed by atoms with Crippen LogP contribution in [0.25, 0.3) is 9.95 Å². The van der Waals surface area contributed by atoms with Crippen molar-refractivity contribution in [3.8, 4) is 34.5 Å². The fourth-order valence-electron chi connectivity index (χ4n) is 6.92. The maximum Gasteiger partial charge on any atom is 0.427 e. The molecule has 0 aromatic heterocycles. The third kappa shape index (κ3) is 10.7. The summed E-state index contributed by atoms with van der Waals surface area (Å²) >= 11 is 0. The maximum atomic E-state index is 14.9. The van der Waals surface area contributed by atoms with E-state index in [4.69, 9.17) is 28.4 Å². The van der Waals surface area contributed by atoms with E-state index in [2.05, 4.69) is 43.1 Å². The van der Waals surface area contributed by atoms with Gasteiger partial charge in [0.15, 0.2) is 21.5 Å². The van der Waals surface area contributed by atoms with Gasteiger partial charge in [0.1, 0.15) is 42.6 Å². The number of esters is 1. The van der Waals surface area contributed by atoms with Gasteiger partial charge in [0, 0.05) is 25.0 Å². The number of diazo groups is 2. The lowest BCUT2D eigenvalue weighted by Gasteiger charge is -2.27. The van der Waals surface area contributed by atoms with Crippen LogP contribution in [0.3, 0.4) is 0 Å². The summed E-state index contributed by atoms with van der Waals surface area (Å²) < 4.78 is 33.7. The van der Waals surface area contributed by atoms with Gasteiger partial charge in [-0.25, -0.2) is 9.59 Å². The minimum absolute atomic E-state index is 0.0524. The predicted molar refractivity (Wildman–Crippen MR) is 228 cm³/mol. The van der Waals surface area contributed by atoms with Crippen LogP contribution in [0.1, 0.15) is 41.3 Å². The second kappa shape index (κ2) is 20.4. The van der Waals surface area contributed by atoms with Crippen molar-refractivity contribution in [2.75, 3.05) is 27.9 Å². The van der Waals surface area contributed by atoms with Gasteiger partial charge in [-0.3, -0.25) is 19.2 Å². The van der Waals surface area contributed by atoms with Crippen molar-refractivity contribution in [3.63, 3.8) is 0 Å². The average molecular weight is 890 g/mol. The van der Waals surface area contributed by atoms with E-state index in [0.29, 0.717) is 16.9 Å². The molecule has 7 bridgehead atoms. The van der Waals surface area contributed by atoms with Crippen molar-refractivity contribution in [1.82, 2.24) is 26.6 Å². The number of carbonyl (C=O) groups is 6. The number of nitrogens with zero attached hydrogens (tertiary/aromatic N) is 4. The Morgan fingerprint density at radius 1 is 0.723 bits per heavy atom. The molecule has 4 aromatic carbocycles. The van der Waals surface area contributed by atoms with Crippen LogP contribution in [0.2, 0.25) is 0 Å². The van der Waals surface area contributed by atoms with E-state index in [1.807, 2.05) is 0 Å². The van der Waals surface area contributed by atoms with Gasteiger partial charge in [-0.05, 0) is 65.6 Å². The molecule has 0 aliphatic carbocycles. The second-order valence-corrected chi connectivity index (χ2v) is 14.5. The summed E-state index contributed by atoms with van der Waals surface area (Å²) in [5, 5.41) is 33.3. The van der Waals surface area contributed by atoms with Crippen molar-refractivity contribution in [3.05, 3.63) is 118 Å². The average Bonchev–Trinajstić information content (AvgIpc) is 3.30. The fraction of sp³-hybridized carbons (Fsp3) is 0.273. The van der Waals surface area contributed by atoms with Gasteiger partial charge in [0.25, 0.3) is 0 Å². The SMILES string of the molecule is C=CCOC(=O)N[C@@H]1Cc2ccc(c([N+]#N)c2)Oc2cc3cc(c2OC)Oc2ccc(cc2[N+]#N)C[C@@H](C(=O)OC)NC(=O)[C@@H](c2ccc(OC)cc2)NC(=O)[C@@H]3NC(=O)[C@H](C)NC1=O. The third-order valence-electron chi connectivity index (χ3n) is 10.2. The molecule has 4 aliphatic heterocycles. The summed E-state index contributed by atoms with van der Waals surface area (Å²) in [7, 11) is 3.87. The lowest BCUT2D eigenvalue weighted by atomic mass is 9.99. The Morgan fingerprint density at radius 3 is 1.85 bits per heavy atom. The van der Waals surface area contributed by atoms with Crippen LogP contribution < -0.4 is 45.5 Å². The Bertz CT molecular complexity index is 2630. The molecular weight excluding hydrogens is 847 g/mol. The number of benzene rings is 4. The van der Waals surface area contributed by atoms with E-state index >= 15 is 0 Å². The molecular formula is C44H43N9O12+2. The number of nitrogens with one attached hydrogen (secondary N) is 5. The van der Waals surface area contributed by atoms with Crippen LogP contribution in [0.4, 0.5) is 16.2 Å². The first kappa shape index (κ1) is 45.8. The molecule has 5 atom stereocenters. The van der Waals surface area contributed by atoms with Gasteiger partial charge in [-0.1, -0.05) is 36.9 Å². The van der Waals surface area contributed by atoms with Crippen molar-refractivity contribution in [2.24, 2.45) is 0 Å². The van der Waals surface area contributed by atoms with Crippen LogP contribution >= 0.6 is 0 Å². The van der Waals surface area contributed by atoms with E-state index in [1.165, 1.54) is 81.8 Å². The summed E-state index contributed by atoms with van der Waals surface area (Å²) in [6.07, 6.45) is -0.0196. The van der Waals surface area contributed by atoms with Gasteiger partial charge in [0.2, 0.25) is 51.7 Å². The molecule has 0 radical (unpaired) electrons. The lowest BCUT2D eigenvalue weighted by Crippen LogP contribution is -2.55. The standard InChI is InChI=1S/C44H41N9O12/c1-6-15-63-44(59)49-30-18-23-7-13-32(28(16-23)52-45)64-34-20-26-21-35(38(34)61-4)65-33-14-8-24(17-29(33)53-46)19-31(43(58)62-5)48-41(56)36(25-9-11-27(60-3)12-10-25)51-42(57)37(26)50-39(54)22(2)47-40(30)55/h6-14,16-17,20-22,30-31,36-37H,1,15,18-19H2,2-5H3,(H3-2,47,48,49,50,51,54,55,56,57,59)/p+2/t22-,30+,31-,36+,37+/m0/s1. The van der Waals surface area contributed by atoms with Crippen LogP contribution in [0.15, 0.2) is 85.5 Å². The highest BCUT2D eigenvalue weighted by molar-refractivity contribution is 5.97. The predicted octanol–water partition coefficient (Wildman–Crippen LogP) is 4.83. The number of rotatable bonds is 7. The number of carbonyl (C=O) groups excluding carboxylic acids is 6. The number of hydrogen-bond acceptors (Lipinski definition) is 14. The Kier molecular flexibility index (Phi) is 14.4. The van der Waals surface area contributed by atoms with Gasteiger partial charge < -0.3 is 55.0 Å². The largest absolute Gasteiger partial charge is 0.497 e. The molecule has 21 nitrogen and oxygen atoms in total. The van der Waals surface area contributed by atoms with Crippen LogP contribution in [-0.2, 0) is 46.3 Å². The molecule has 0 saturated carbocycles. The smallest absolute Gasteiger partial charge is 0.427 e. The molecule has 0 saturated heterocycles.